The summed E-state index contributed by atoms with van der Waals surface area (Å²) < 4.78 is 14.7. The van der Waals surface area contributed by atoms with E-state index in [0.717, 1.165) is 6.54 Å². The molecule has 6 nitrogen and oxygen atoms in total. The highest BCUT2D eigenvalue weighted by Gasteiger charge is 2.21. The molecule has 0 aliphatic carbocycles. The third-order valence-electron chi connectivity index (χ3n) is 3.30. The van der Waals surface area contributed by atoms with Gasteiger partial charge in [0.05, 0.1) is 19.3 Å². The van der Waals surface area contributed by atoms with Crippen LogP contribution >= 0.6 is 0 Å². The molecule has 0 atom stereocenters. The van der Waals surface area contributed by atoms with Gasteiger partial charge in [0.1, 0.15) is 31.0 Å². The van der Waals surface area contributed by atoms with Gasteiger partial charge in [-0.25, -0.2) is 9.13 Å². The standard InChI is InChI=1S/C15H17N3O3/c1-16-6-7-17(11-16)8-9-18(15-10-20-12-21-15)13-4-2-3-5-14(13)19/h2-7,10-11H,8-9,12H2,1H3/p+1. The van der Waals surface area contributed by atoms with E-state index in [1.165, 1.54) is 0 Å². The van der Waals surface area contributed by atoms with Crippen LogP contribution in [0.3, 0.4) is 0 Å². The van der Waals surface area contributed by atoms with Crippen LogP contribution in [0.2, 0.25) is 0 Å². The average Bonchev–Trinajstić information content (AvgIpc) is 3.13. The molecule has 6 heteroatoms. The Labute approximate surface area is 123 Å². The number of aryl methyl sites for hydroxylation is 1. The Bertz CT molecular complexity index is 651. The van der Waals surface area contributed by atoms with Gasteiger partial charge < -0.3 is 19.5 Å². The molecule has 0 radical (unpaired) electrons. The highest BCUT2D eigenvalue weighted by Crippen LogP contribution is 2.30. The summed E-state index contributed by atoms with van der Waals surface area (Å²) in [5.74, 6) is 0.819. The Balaban J connectivity index is 1.81. The zero-order chi connectivity index (χ0) is 14.7. The third-order valence-corrected chi connectivity index (χ3v) is 3.30. The second kappa shape index (κ2) is 5.78. The monoisotopic (exact) mass is 288 g/mol. The van der Waals surface area contributed by atoms with E-state index in [0.29, 0.717) is 18.1 Å². The maximum atomic E-state index is 10.1. The van der Waals surface area contributed by atoms with Crippen molar-refractivity contribution >= 4 is 5.69 Å². The lowest BCUT2D eigenvalue weighted by Gasteiger charge is -2.23. The van der Waals surface area contributed by atoms with Gasteiger partial charge in [-0.1, -0.05) is 12.1 Å². The number of aromatic hydroxyl groups is 1. The van der Waals surface area contributed by atoms with E-state index in [-0.39, 0.29) is 12.5 Å². The van der Waals surface area contributed by atoms with Gasteiger partial charge >= 0.3 is 0 Å². The summed E-state index contributed by atoms with van der Waals surface area (Å²) in [5.41, 5.74) is 0.700. The molecule has 0 spiro atoms. The van der Waals surface area contributed by atoms with E-state index in [1.54, 1.807) is 18.4 Å². The lowest BCUT2D eigenvalue weighted by atomic mass is 10.2. The Morgan fingerprint density at radius 3 is 2.90 bits per heavy atom. The SMILES string of the molecule is C[n+]1ccn(CCN(C2=COCO2)c2ccccc2O)c1. The van der Waals surface area contributed by atoms with Gasteiger partial charge in [-0.2, -0.15) is 0 Å². The smallest absolute Gasteiger partial charge is 0.243 e. The number of ether oxygens (including phenoxy) is 2. The van der Waals surface area contributed by atoms with Crippen molar-refractivity contribution in [1.82, 2.24) is 4.57 Å². The minimum atomic E-state index is 0.206. The van der Waals surface area contributed by atoms with Gasteiger partial charge in [-0.05, 0) is 12.1 Å². The number of rotatable bonds is 5. The number of phenols is 1. The van der Waals surface area contributed by atoms with E-state index < -0.39 is 0 Å². The van der Waals surface area contributed by atoms with Gasteiger partial charge in [-0.3, -0.25) is 0 Å². The van der Waals surface area contributed by atoms with Gasteiger partial charge in [0, 0.05) is 0 Å². The first-order chi connectivity index (χ1) is 10.2. The first-order valence-electron chi connectivity index (χ1n) is 6.75. The molecule has 110 valence electrons. The number of nitrogens with zero attached hydrogens (tertiary/aromatic N) is 3. The van der Waals surface area contributed by atoms with Crippen LogP contribution in [0.25, 0.3) is 0 Å². The van der Waals surface area contributed by atoms with Crippen LogP contribution in [-0.4, -0.2) is 23.0 Å². The van der Waals surface area contributed by atoms with E-state index in [2.05, 4.69) is 4.57 Å². The van der Waals surface area contributed by atoms with Crippen molar-refractivity contribution in [2.75, 3.05) is 18.2 Å². The number of hydrogen-bond donors (Lipinski definition) is 1. The molecule has 2 aromatic rings. The van der Waals surface area contributed by atoms with E-state index in [4.69, 9.17) is 9.47 Å². The normalized spacial score (nSPS) is 13.5. The van der Waals surface area contributed by atoms with Crippen molar-refractivity contribution < 1.29 is 19.1 Å². The van der Waals surface area contributed by atoms with Gasteiger partial charge in [-0.15, -0.1) is 0 Å². The predicted molar refractivity (Wildman–Crippen MR) is 76.2 cm³/mol. The van der Waals surface area contributed by atoms with Gasteiger partial charge in [0.15, 0.2) is 0 Å². The Hall–Kier alpha value is -2.63. The second-order valence-corrected chi connectivity index (χ2v) is 4.84. The molecule has 3 rings (SSSR count). The lowest BCUT2D eigenvalue weighted by Crippen LogP contribution is -2.28. The zero-order valence-corrected chi connectivity index (χ0v) is 11.8. The molecular formula is C15H18N3O3+. The van der Waals surface area contributed by atoms with E-state index >= 15 is 0 Å². The Kier molecular flexibility index (Phi) is 3.68. The highest BCUT2D eigenvalue weighted by atomic mass is 16.7. The molecule has 0 unspecified atom stereocenters. The van der Waals surface area contributed by atoms with Crippen LogP contribution < -0.4 is 9.47 Å². The van der Waals surface area contributed by atoms with E-state index in [9.17, 15) is 5.11 Å². The molecule has 2 heterocycles. The zero-order valence-electron chi connectivity index (χ0n) is 11.8. The van der Waals surface area contributed by atoms with Crippen molar-refractivity contribution in [2.24, 2.45) is 7.05 Å². The predicted octanol–water partition coefficient (Wildman–Crippen LogP) is 1.33. The number of para-hydroxylation sites is 2. The lowest BCUT2D eigenvalue weighted by molar-refractivity contribution is -0.671. The molecule has 0 saturated heterocycles. The minimum Gasteiger partial charge on any atom is -0.506 e. The molecule has 0 fully saturated rings. The second-order valence-electron chi connectivity index (χ2n) is 4.84. The number of benzene rings is 1. The third kappa shape index (κ3) is 2.94. The number of phenolic OH excluding ortho intramolecular Hbond substituents is 1. The molecule has 0 bridgehead atoms. The molecular weight excluding hydrogens is 270 g/mol. The molecule has 1 aromatic carbocycles. The first-order valence-corrected chi connectivity index (χ1v) is 6.75. The summed E-state index contributed by atoms with van der Waals surface area (Å²) in [7, 11) is 1.98. The summed E-state index contributed by atoms with van der Waals surface area (Å²) in [4.78, 5) is 1.91. The molecule has 1 aliphatic rings. The van der Waals surface area contributed by atoms with Crippen molar-refractivity contribution in [2.45, 2.75) is 6.54 Å². The quantitative estimate of drug-likeness (QED) is 0.843. The van der Waals surface area contributed by atoms with Crippen molar-refractivity contribution in [1.29, 1.82) is 0 Å². The average molecular weight is 288 g/mol. The highest BCUT2D eigenvalue weighted by molar-refractivity contribution is 5.60. The topological polar surface area (TPSA) is 50.7 Å². The molecule has 0 saturated carbocycles. The molecule has 1 aromatic heterocycles. The van der Waals surface area contributed by atoms with Crippen molar-refractivity contribution in [3.05, 3.63) is 55.1 Å². The Morgan fingerprint density at radius 1 is 1.38 bits per heavy atom. The summed E-state index contributed by atoms with van der Waals surface area (Å²) in [6, 6.07) is 7.19. The van der Waals surface area contributed by atoms with Crippen LogP contribution in [0, 0.1) is 0 Å². The van der Waals surface area contributed by atoms with E-state index in [1.807, 2.05) is 47.4 Å². The molecule has 0 amide bonds. The fourth-order valence-corrected chi connectivity index (χ4v) is 2.27. The first kappa shape index (κ1) is 13.4. The molecule has 21 heavy (non-hydrogen) atoms. The number of imidazole rings is 1. The van der Waals surface area contributed by atoms with Crippen LogP contribution in [0.15, 0.2) is 55.1 Å². The maximum Gasteiger partial charge on any atom is 0.243 e. The summed E-state index contributed by atoms with van der Waals surface area (Å²) >= 11 is 0. The summed E-state index contributed by atoms with van der Waals surface area (Å²) in [6.45, 7) is 1.62. The molecule has 1 N–H and O–H groups in total. The maximum absolute atomic E-state index is 10.1. The number of hydrogen-bond acceptors (Lipinski definition) is 4. The number of aromatic nitrogens is 2. The van der Waals surface area contributed by atoms with Gasteiger partial charge in [0.25, 0.3) is 0 Å². The number of anilines is 1. The van der Waals surface area contributed by atoms with Crippen LogP contribution in [-0.2, 0) is 23.1 Å². The summed E-state index contributed by atoms with van der Waals surface area (Å²) in [5, 5.41) is 10.1. The molecule has 1 aliphatic heterocycles. The van der Waals surface area contributed by atoms with Crippen molar-refractivity contribution in [3.63, 3.8) is 0 Å². The largest absolute Gasteiger partial charge is 0.506 e. The van der Waals surface area contributed by atoms with Crippen LogP contribution in [0.1, 0.15) is 0 Å². The fraction of sp³-hybridized carbons (Fsp3) is 0.267. The minimum absolute atomic E-state index is 0.206. The summed E-state index contributed by atoms with van der Waals surface area (Å²) in [6.07, 6.45) is 7.56. The van der Waals surface area contributed by atoms with Gasteiger partial charge in [0.2, 0.25) is 19.0 Å². The fourth-order valence-electron chi connectivity index (χ4n) is 2.27. The van der Waals surface area contributed by atoms with Crippen LogP contribution in [0.5, 0.6) is 5.75 Å². The van der Waals surface area contributed by atoms with Crippen molar-refractivity contribution in [3.8, 4) is 5.75 Å². The Morgan fingerprint density at radius 2 is 2.24 bits per heavy atom. The van der Waals surface area contributed by atoms with Crippen LogP contribution in [0.4, 0.5) is 5.69 Å².